The van der Waals surface area contributed by atoms with Gasteiger partial charge in [0.1, 0.15) is 0 Å². The van der Waals surface area contributed by atoms with Crippen molar-refractivity contribution in [3.8, 4) is 0 Å². The van der Waals surface area contributed by atoms with Gasteiger partial charge in [-0.3, -0.25) is 9.59 Å². The van der Waals surface area contributed by atoms with Crippen LogP contribution in [0, 0.1) is 0 Å². The van der Waals surface area contributed by atoms with Gasteiger partial charge in [0, 0.05) is 18.7 Å². The fourth-order valence-electron chi connectivity index (χ4n) is 2.94. The maximum atomic E-state index is 12.7. The number of hydrogen-bond acceptors (Lipinski definition) is 6. The molecule has 0 aliphatic heterocycles. The number of carbonyl (C=O) groups is 3. The number of carbonyl (C=O) groups excluding carboxylic acids is 3. The lowest BCUT2D eigenvalue weighted by atomic mass is 10.1. The van der Waals surface area contributed by atoms with Gasteiger partial charge < -0.3 is 10.1 Å². The van der Waals surface area contributed by atoms with E-state index in [4.69, 9.17) is 16.3 Å². The molecule has 0 fully saturated rings. The Kier molecular flexibility index (Phi) is 8.54. The van der Waals surface area contributed by atoms with E-state index in [-0.39, 0.29) is 34.4 Å². The fraction of sp³-hybridized carbons (Fsp3) is 0.318. The van der Waals surface area contributed by atoms with Crippen molar-refractivity contribution in [3.63, 3.8) is 0 Å². The molecule has 1 amide bonds. The molecule has 32 heavy (non-hydrogen) atoms. The first-order valence-electron chi connectivity index (χ1n) is 9.94. The van der Waals surface area contributed by atoms with Gasteiger partial charge in [-0.2, -0.15) is 4.31 Å². The van der Waals surface area contributed by atoms with Crippen molar-refractivity contribution in [2.75, 3.05) is 18.4 Å². The number of nitrogens with zero attached hydrogens (tertiary/aromatic N) is 1. The van der Waals surface area contributed by atoms with Crippen LogP contribution in [0.2, 0.25) is 5.02 Å². The number of anilines is 1. The van der Waals surface area contributed by atoms with Crippen LogP contribution in [0.3, 0.4) is 0 Å². The first-order valence-corrected chi connectivity index (χ1v) is 11.8. The summed E-state index contributed by atoms with van der Waals surface area (Å²) >= 11 is 6.09. The van der Waals surface area contributed by atoms with E-state index >= 15 is 0 Å². The first-order chi connectivity index (χ1) is 15.0. The van der Waals surface area contributed by atoms with Crippen LogP contribution in [0.5, 0.6) is 0 Å². The second-order valence-electron chi connectivity index (χ2n) is 6.87. The summed E-state index contributed by atoms with van der Waals surface area (Å²) in [5, 5.41) is 2.55. The Morgan fingerprint density at radius 1 is 1.06 bits per heavy atom. The summed E-state index contributed by atoms with van der Waals surface area (Å²) in [4.78, 5) is 36.8. The van der Waals surface area contributed by atoms with Crippen molar-refractivity contribution in [1.29, 1.82) is 0 Å². The summed E-state index contributed by atoms with van der Waals surface area (Å²) in [6.45, 7) is 6.66. The molecule has 0 saturated heterocycles. The zero-order valence-electron chi connectivity index (χ0n) is 18.2. The molecule has 0 spiro atoms. The molecule has 8 nitrogen and oxygen atoms in total. The van der Waals surface area contributed by atoms with Crippen molar-refractivity contribution >= 4 is 45.0 Å². The van der Waals surface area contributed by atoms with Gasteiger partial charge in [-0.15, -0.1) is 0 Å². The van der Waals surface area contributed by atoms with E-state index in [2.05, 4.69) is 5.32 Å². The molecule has 10 heteroatoms. The number of esters is 1. The van der Waals surface area contributed by atoms with Crippen molar-refractivity contribution in [1.82, 2.24) is 4.31 Å². The summed E-state index contributed by atoms with van der Waals surface area (Å²) in [5.41, 5.74) is 0.429. The number of hydrogen-bond donors (Lipinski definition) is 1. The highest BCUT2D eigenvalue weighted by molar-refractivity contribution is 7.89. The zero-order valence-corrected chi connectivity index (χ0v) is 19.8. The average molecular weight is 481 g/mol. The number of ether oxygens (including phenoxy) is 1. The molecule has 0 saturated carbocycles. The molecular formula is C22H25ClN2O6S. The lowest BCUT2D eigenvalue weighted by Gasteiger charge is -2.19. The van der Waals surface area contributed by atoms with Crippen LogP contribution in [0.15, 0.2) is 47.4 Å². The monoisotopic (exact) mass is 480 g/mol. The smallest absolute Gasteiger partial charge is 0.340 e. The number of Topliss-reactive ketones (excluding diaryl/α,β-unsaturated/α-hetero) is 1. The lowest BCUT2D eigenvalue weighted by molar-refractivity contribution is -0.123. The number of halogens is 1. The van der Waals surface area contributed by atoms with Crippen LogP contribution < -0.4 is 5.32 Å². The Morgan fingerprint density at radius 2 is 1.69 bits per heavy atom. The topological polar surface area (TPSA) is 110 Å². The summed E-state index contributed by atoms with van der Waals surface area (Å²) in [6.07, 6.45) is -1.23. The number of rotatable bonds is 9. The Labute approximate surface area is 192 Å². The van der Waals surface area contributed by atoms with E-state index in [0.717, 1.165) is 6.07 Å². The Morgan fingerprint density at radius 3 is 2.28 bits per heavy atom. The number of amides is 1. The van der Waals surface area contributed by atoms with Crippen molar-refractivity contribution in [2.45, 2.75) is 38.7 Å². The number of ketones is 1. The van der Waals surface area contributed by atoms with Crippen LogP contribution in [0.4, 0.5) is 5.69 Å². The highest BCUT2D eigenvalue weighted by Crippen LogP contribution is 2.24. The van der Waals surface area contributed by atoms with Gasteiger partial charge in [0.2, 0.25) is 10.0 Å². The highest BCUT2D eigenvalue weighted by Gasteiger charge is 2.26. The van der Waals surface area contributed by atoms with Crippen LogP contribution in [0.25, 0.3) is 0 Å². The van der Waals surface area contributed by atoms with Crippen molar-refractivity contribution < 1.29 is 27.5 Å². The molecule has 0 aliphatic rings. The number of para-hydroxylation sites is 1. The molecular weight excluding hydrogens is 456 g/mol. The molecule has 0 aromatic heterocycles. The number of benzene rings is 2. The van der Waals surface area contributed by atoms with Gasteiger partial charge in [0.25, 0.3) is 5.91 Å². The normalized spacial score (nSPS) is 12.3. The summed E-state index contributed by atoms with van der Waals surface area (Å²) in [5.74, 6) is -1.84. The Hall–Kier alpha value is -2.75. The maximum Gasteiger partial charge on any atom is 0.340 e. The van der Waals surface area contributed by atoms with Gasteiger partial charge in [0.05, 0.1) is 21.2 Å². The molecule has 0 bridgehead atoms. The zero-order chi connectivity index (χ0) is 24.1. The molecule has 0 aliphatic carbocycles. The van der Waals surface area contributed by atoms with Gasteiger partial charge in [-0.05, 0) is 44.2 Å². The van der Waals surface area contributed by atoms with Crippen LogP contribution >= 0.6 is 11.6 Å². The molecule has 1 atom stereocenters. The van der Waals surface area contributed by atoms with Crippen LogP contribution in [-0.4, -0.2) is 49.6 Å². The Balaban J connectivity index is 2.22. The summed E-state index contributed by atoms with van der Waals surface area (Å²) in [6, 6.07) is 10.2. The molecule has 2 aromatic rings. The third-order valence-electron chi connectivity index (χ3n) is 4.72. The van der Waals surface area contributed by atoms with E-state index in [1.165, 1.54) is 30.3 Å². The molecule has 0 radical (unpaired) electrons. The molecule has 1 unspecified atom stereocenters. The van der Waals surface area contributed by atoms with E-state index < -0.39 is 28.0 Å². The van der Waals surface area contributed by atoms with Gasteiger partial charge in [-0.25, -0.2) is 13.2 Å². The molecule has 172 valence electrons. The molecule has 2 rings (SSSR count). The largest absolute Gasteiger partial charge is 0.449 e. The van der Waals surface area contributed by atoms with Gasteiger partial charge >= 0.3 is 5.97 Å². The second kappa shape index (κ2) is 10.7. The average Bonchev–Trinajstić information content (AvgIpc) is 2.74. The number of nitrogens with one attached hydrogen (secondary N) is 1. The first kappa shape index (κ1) is 25.5. The van der Waals surface area contributed by atoms with Crippen LogP contribution in [-0.2, 0) is 19.6 Å². The predicted octanol–water partition coefficient (Wildman–Crippen LogP) is 3.76. The quantitative estimate of drug-likeness (QED) is 0.432. The van der Waals surface area contributed by atoms with E-state index in [1.807, 2.05) is 0 Å². The maximum absolute atomic E-state index is 12.7. The minimum Gasteiger partial charge on any atom is -0.449 e. The SMILES string of the molecule is CCN(CC)S(=O)(=O)c1ccc(Cl)c(C(=O)OC(C)C(=O)Nc2ccccc2C(C)=O)c1. The fourth-order valence-corrected chi connectivity index (χ4v) is 4.62. The molecule has 1 N–H and O–H groups in total. The van der Waals surface area contributed by atoms with Crippen LogP contribution in [0.1, 0.15) is 48.4 Å². The van der Waals surface area contributed by atoms with Crippen molar-refractivity contribution in [3.05, 3.63) is 58.6 Å². The Bertz CT molecular complexity index is 1130. The minimum absolute atomic E-state index is 0.0111. The van der Waals surface area contributed by atoms with E-state index in [0.29, 0.717) is 11.3 Å². The predicted molar refractivity (Wildman–Crippen MR) is 122 cm³/mol. The van der Waals surface area contributed by atoms with Gasteiger partial charge in [-0.1, -0.05) is 37.6 Å². The summed E-state index contributed by atoms with van der Waals surface area (Å²) < 4.78 is 31.9. The van der Waals surface area contributed by atoms with E-state index in [9.17, 15) is 22.8 Å². The number of sulfonamides is 1. The second-order valence-corrected chi connectivity index (χ2v) is 9.21. The van der Waals surface area contributed by atoms with Gasteiger partial charge in [0.15, 0.2) is 11.9 Å². The lowest BCUT2D eigenvalue weighted by Crippen LogP contribution is -2.31. The summed E-state index contributed by atoms with van der Waals surface area (Å²) in [7, 11) is -3.82. The van der Waals surface area contributed by atoms with Crippen molar-refractivity contribution in [2.24, 2.45) is 0 Å². The minimum atomic E-state index is -3.82. The van der Waals surface area contributed by atoms with E-state index in [1.54, 1.807) is 38.1 Å². The third-order valence-corrected chi connectivity index (χ3v) is 7.09. The third kappa shape index (κ3) is 5.73. The molecule has 2 aromatic carbocycles. The highest BCUT2D eigenvalue weighted by atomic mass is 35.5. The standard InChI is InChI=1S/C22H25ClN2O6S/c1-5-25(6-2)32(29,30)16-11-12-19(23)18(13-16)22(28)31-15(4)21(27)24-20-10-8-7-9-17(20)14(3)26/h7-13,15H,5-6H2,1-4H3,(H,24,27). The molecule has 0 heterocycles.